The molecule has 1 aliphatic rings. The van der Waals surface area contributed by atoms with Crippen LogP contribution in [0.3, 0.4) is 0 Å². The number of carboxylic acid groups (broad SMARTS) is 1. The number of nitrogens with two attached hydrogens (primary N) is 1. The lowest BCUT2D eigenvalue weighted by atomic mass is 9.90. The maximum Gasteiger partial charge on any atom is 0.426 e. The summed E-state index contributed by atoms with van der Waals surface area (Å²) in [5, 5.41) is 10.2. The molecule has 3 rings (SSSR count). The number of carbonyl (C=O) groups is 1. The van der Waals surface area contributed by atoms with Gasteiger partial charge in [0.05, 0.1) is 5.69 Å². The third-order valence-electron chi connectivity index (χ3n) is 4.87. The average molecular weight is 296 g/mol. The molecule has 0 saturated heterocycles. The fourth-order valence-corrected chi connectivity index (χ4v) is 3.57. The van der Waals surface area contributed by atoms with Gasteiger partial charge in [0.1, 0.15) is 0 Å². The molecule has 114 valence electrons. The Bertz CT molecular complexity index is 809. The minimum absolute atomic E-state index is 0.626. The number of nitrogens with zero attached hydrogens (tertiary/aromatic N) is 1. The molecule has 0 radical (unpaired) electrons. The Morgan fingerprint density at radius 1 is 1.09 bits per heavy atom. The Morgan fingerprint density at radius 2 is 1.77 bits per heavy atom. The van der Waals surface area contributed by atoms with E-state index < -0.39 is 6.09 Å². The average Bonchev–Trinajstić information content (AvgIpc) is 2.85. The van der Waals surface area contributed by atoms with Crippen molar-refractivity contribution in [2.45, 2.75) is 34.1 Å². The first-order chi connectivity index (χ1) is 10.3. The highest BCUT2D eigenvalue weighted by Gasteiger charge is 2.30. The van der Waals surface area contributed by atoms with E-state index >= 15 is 0 Å². The summed E-state index contributed by atoms with van der Waals surface area (Å²) < 4.78 is 0. The van der Waals surface area contributed by atoms with Crippen molar-refractivity contribution >= 4 is 11.8 Å². The van der Waals surface area contributed by atoms with Gasteiger partial charge < -0.3 is 5.11 Å². The van der Waals surface area contributed by atoms with Crippen LogP contribution in [0.2, 0.25) is 0 Å². The maximum absolute atomic E-state index is 11.4. The molecular weight excluding hydrogens is 276 g/mol. The predicted molar refractivity (Wildman–Crippen MR) is 88.3 cm³/mol. The predicted octanol–water partition coefficient (Wildman–Crippen LogP) is 3.85. The van der Waals surface area contributed by atoms with Gasteiger partial charge >= 0.3 is 6.09 Å². The monoisotopic (exact) mass is 296 g/mol. The molecule has 2 aromatic carbocycles. The Labute approximate surface area is 130 Å². The first kappa shape index (κ1) is 14.6. The number of hydrogen-bond acceptors (Lipinski definition) is 2. The van der Waals surface area contributed by atoms with Crippen LogP contribution in [0.4, 0.5) is 10.5 Å². The molecule has 0 fully saturated rings. The molecule has 2 aromatic rings. The third-order valence-corrected chi connectivity index (χ3v) is 4.87. The first-order valence-electron chi connectivity index (χ1n) is 7.33. The van der Waals surface area contributed by atoms with Crippen LogP contribution in [0.25, 0.3) is 11.1 Å². The highest BCUT2D eigenvalue weighted by molar-refractivity contribution is 5.94. The van der Waals surface area contributed by atoms with E-state index in [4.69, 9.17) is 5.84 Å². The van der Waals surface area contributed by atoms with Gasteiger partial charge in [-0.2, -0.15) is 0 Å². The minimum Gasteiger partial charge on any atom is -0.464 e. The van der Waals surface area contributed by atoms with Gasteiger partial charge in [-0.1, -0.05) is 18.2 Å². The van der Waals surface area contributed by atoms with Crippen molar-refractivity contribution in [1.82, 2.24) is 0 Å². The first-order valence-corrected chi connectivity index (χ1v) is 7.33. The van der Waals surface area contributed by atoms with E-state index in [-0.39, 0.29) is 0 Å². The summed E-state index contributed by atoms with van der Waals surface area (Å²) in [5.41, 5.74) is 9.74. The SMILES string of the molecule is Cc1cccc2c1-c1c(C)c(C)c(C)c(N(N)C(=O)O)c1C2. The standard InChI is InChI=1S/C18H20N2O2/c1-9-6-5-7-13-8-14-16(15(9)13)11(3)10(2)12(4)17(14)20(19)18(21)22/h5-7H,8,19H2,1-4H3,(H,21,22). The van der Waals surface area contributed by atoms with Crippen molar-refractivity contribution in [1.29, 1.82) is 0 Å². The second-order valence-electron chi connectivity index (χ2n) is 6.02. The van der Waals surface area contributed by atoms with Crippen LogP contribution in [-0.4, -0.2) is 11.2 Å². The van der Waals surface area contributed by atoms with Crippen molar-refractivity contribution in [3.63, 3.8) is 0 Å². The second-order valence-corrected chi connectivity index (χ2v) is 6.02. The van der Waals surface area contributed by atoms with Crippen LogP contribution in [0.5, 0.6) is 0 Å². The van der Waals surface area contributed by atoms with Gasteiger partial charge in [-0.3, -0.25) is 0 Å². The van der Waals surface area contributed by atoms with E-state index in [9.17, 15) is 9.90 Å². The molecule has 1 aliphatic carbocycles. The molecule has 0 aliphatic heterocycles. The zero-order valence-electron chi connectivity index (χ0n) is 13.3. The van der Waals surface area contributed by atoms with Crippen molar-refractivity contribution in [3.05, 3.63) is 51.6 Å². The highest BCUT2D eigenvalue weighted by atomic mass is 16.4. The summed E-state index contributed by atoms with van der Waals surface area (Å²) >= 11 is 0. The van der Waals surface area contributed by atoms with Crippen molar-refractivity contribution in [2.75, 3.05) is 5.01 Å². The van der Waals surface area contributed by atoms with Gasteiger partial charge in [0.2, 0.25) is 0 Å². The summed E-state index contributed by atoms with van der Waals surface area (Å²) in [6, 6.07) is 6.25. The molecule has 0 bridgehead atoms. The van der Waals surface area contributed by atoms with Gasteiger partial charge in [0.25, 0.3) is 0 Å². The number of benzene rings is 2. The molecule has 0 spiro atoms. The molecule has 3 N–H and O–H groups in total. The van der Waals surface area contributed by atoms with Crippen LogP contribution < -0.4 is 10.9 Å². The largest absolute Gasteiger partial charge is 0.464 e. The summed E-state index contributed by atoms with van der Waals surface area (Å²) in [5.74, 6) is 5.84. The van der Waals surface area contributed by atoms with Crippen molar-refractivity contribution in [2.24, 2.45) is 5.84 Å². The summed E-state index contributed by atoms with van der Waals surface area (Å²) in [4.78, 5) is 11.4. The number of fused-ring (bicyclic) bond motifs is 3. The normalized spacial score (nSPS) is 12.0. The summed E-state index contributed by atoms with van der Waals surface area (Å²) in [6.45, 7) is 8.17. The molecule has 0 unspecified atom stereocenters. The Kier molecular flexibility index (Phi) is 3.22. The fourth-order valence-electron chi connectivity index (χ4n) is 3.57. The molecule has 4 nitrogen and oxygen atoms in total. The number of amides is 1. The minimum atomic E-state index is -1.14. The smallest absolute Gasteiger partial charge is 0.426 e. The van der Waals surface area contributed by atoms with E-state index in [1.54, 1.807) is 0 Å². The van der Waals surface area contributed by atoms with Crippen LogP contribution in [0, 0.1) is 27.7 Å². The second kappa shape index (κ2) is 4.85. The number of aryl methyl sites for hydroxylation is 1. The zero-order valence-corrected chi connectivity index (χ0v) is 13.3. The molecule has 22 heavy (non-hydrogen) atoms. The molecule has 4 heteroatoms. The van der Waals surface area contributed by atoms with E-state index in [0.717, 1.165) is 33.7 Å². The molecule has 0 heterocycles. The van der Waals surface area contributed by atoms with E-state index in [0.29, 0.717) is 5.69 Å². The lowest BCUT2D eigenvalue weighted by Gasteiger charge is -2.23. The summed E-state index contributed by atoms with van der Waals surface area (Å²) in [6.07, 6.45) is -0.411. The van der Waals surface area contributed by atoms with E-state index in [1.807, 2.05) is 19.9 Å². The van der Waals surface area contributed by atoms with Crippen LogP contribution >= 0.6 is 0 Å². The maximum atomic E-state index is 11.4. The van der Waals surface area contributed by atoms with Crippen LogP contribution in [0.15, 0.2) is 18.2 Å². The molecule has 0 aromatic heterocycles. The van der Waals surface area contributed by atoms with E-state index in [1.165, 1.54) is 22.3 Å². The summed E-state index contributed by atoms with van der Waals surface area (Å²) in [7, 11) is 0. The zero-order chi connectivity index (χ0) is 16.2. The highest BCUT2D eigenvalue weighted by Crippen LogP contribution is 2.47. The Morgan fingerprint density at radius 3 is 2.41 bits per heavy atom. The quantitative estimate of drug-likeness (QED) is 0.407. The third kappa shape index (κ3) is 1.84. The molecule has 0 saturated carbocycles. The van der Waals surface area contributed by atoms with Crippen LogP contribution in [0.1, 0.15) is 33.4 Å². The Balaban J connectivity index is 2.40. The van der Waals surface area contributed by atoms with Crippen molar-refractivity contribution in [3.8, 4) is 11.1 Å². The number of rotatable bonds is 1. The lowest BCUT2D eigenvalue weighted by molar-refractivity contribution is 0.202. The fraction of sp³-hybridized carbons (Fsp3) is 0.278. The number of hydrogen-bond donors (Lipinski definition) is 2. The van der Waals surface area contributed by atoms with Crippen molar-refractivity contribution < 1.29 is 9.90 Å². The topological polar surface area (TPSA) is 66.6 Å². The van der Waals surface area contributed by atoms with Gasteiger partial charge in [-0.15, -0.1) is 0 Å². The van der Waals surface area contributed by atoms with Gasteiger partial charge in [-0.05, 0) is 72.2 Å². The molecular formula is C18H20N2O2. The van der Waals surface area contributed by atoms with Crippen LogP contribution in [-0.2, 0) is 6.42 Å². The molecule has 0 atom stereocenters. The molecule has 1 amide bonds. The number of hydrazine groups is 1. The Hall–Kier alpha value is -2.33. The van der Waals surface area contributed by atoms with Gasteiger partial charge in [-0.25, -0.2) is 15.6 Å². The van der Waals surface area contributed by atoms with E-state index in [2.05, 4.69) is 26.0 Å². The van der Waals surface area contributed by atoms with Gasteiger partial charge in [0, 0.05) is 6.42 Å². The van der Waals surface area contributed by atoms with Gasteiger partial charge in [0.15, 0.2) is 0 Å². The lowest BCUT2D eigenvalue weighted by Crippen LogP contribution is -2.37. The number of anilines is 1.